The Hall–Kier alpha value is -0.220. The molecule has 0 fully saturated rings. The lowest BCUT2D eigenvalue weighted by atomic mass is 10.1. The van der Waals surface area contributed by atoms with Crippen LogP contribution >= 0.6 is 11.8 Å². The predicted octanol–water partition coefficient (Wildman–Crippen LogP) is 2.27. The number of hydrogen-bond acceptors (Lipinski definition) is 3. The van der Waals surface area contributed by atoms with E-state index < -0.39 is 0 Å². The van der Waals surface area contributed by atoms with Crippen LogP contribution in [0.1, 0.15) is 40.5 Å². The van der Waals surface area contributed by atoms with E-state index in [9.17, 15) is 4.79 Å². The predicted molar refractivity (Wildman–Crippen MR) is 77.5 cm³/mol. The van der Waals surface area contributed by atoms with Crippen molar-refractivity contribution >= 4 is 17.7 Å². The van der Waals surface area contributed by atoms with E-state index in [1.165, 1.54) is 11.5 Å². The molecule has 0 aliphatic heterocycles. The van der Waals surface area contributed by atoms with Gasteiger partial charge in [-0.15, -0.1) is 0 Å². The molecule has 0 aromatic carbocycles. The van der Waals surface area contributed by atoms with Gasteiger partial charge < -0.3 is 10.6 Å². The minimum Gasteiger partial charge on any atom is -0.355 e. The summed E-state index contributed by atoms with van der Waals surface area (Å²) in [6, 6.07) is 0.421. The van der Waals surface area contributed by atoms with E-state index >= 15 is 0 Å². The Morgan fingerprint density at radius 1 is 1.24 bits per heavy atom. The highest BCUT2D eigenvalue weighted by Crippen LogP contribution is 2.03. The summed E-state index contributed by atoms with van der Waals surface area (Å²) < 4.78 is 0. The summed E-state index contributed by atoms with van der Waals surface area (Å²) in [5.74, 6) is 3.09. The molecule has 0 saturated carbocycles. The lowest BCUT2D eigenvalue weighted by Gasteiger charge is -2.13. The Morgan fingerprint density at radius 2 is 1.94 bits per heavy atom. The molecule has 0 aliphatic carbocycles. The topological polar surface area (TPSA) is 41.1 Å². The maximum atomic E-state index is 11.5. The Kier molecular flexibility index (Phi) is 10.8. The van der Waals surface area contributed by atoms with Crippen LogP contribution in [0.15, 0.2) is 0 Å². The number of thioether (sulfide) groups is 1. The van der Waals surface area contributed by atoms with Crippen LogP contribution in [0.4, 0.5) is 0 Å². The van der Waals surface area contributed by atoms with Gasteiger partial charge in [0.25, 0.3) is 0 Å². The molecule has 0 heterocycles. The Bertz CT molecular complexity index is 198. The van der Waals surface area contributed by atoms with Gasteiger partial charge in [0.15, 0.2) is 0 Å². The average molecular weight is 260 g/mol. The summed E-state index contributed by atoms with van der Waals surface area (Å²) in [5, 5.41) is 6.18. The molecule has 3 nitrogen and oxygen atoms in total. The largest absolute Gasteiger partial charge is 0.355 e. The maximum absolute atomic E-state index is 11.5. The van der Waals surface area contributed by atoms with E-state index in [4.69, 9.17) is 0 Å². The van der Waals surface area contributed by atoms with Crippen LogP contribution < -0.4 is 10.6 Å². The summed E-state index contributed by atoms with van der Waals surface area (Å²) in [7, 11) is 0. The Labute approximate surface area is 111 Å². The summed E-state index contributed by atoms with van der Waals surface area (Å²) in [4.78, 5) is 11.5. The monoisotopic (exact) mass is 260 g/mol. The molecule has 102 valence electrons. The second-order valence-corrected chi connectivity index (χ2v) is 6.19. The molecular weight excluding hydrogens is 232 g/mol. The van der Waals surface area contributed by atoms with E-state index in [2.05, 4.69) is 38.3 Å². The summed E-state index contributed by atoms with van der Waals surface area (Å²) in [5.41, 5.74) is 0. The molecule has 1 unspecified atom stereocenters. The third-order valence-corrected chi connectivity index (χ3v) is 3.49. The third-order valence-electron chi connectivity index (χ3n) is 2.55. The van der Waals surface area contributed by atoms with Crippen molar-refractivity contribution in [3.8, 4) is 0 Å². The molecule has 1 atom stereocenters. The van der Waals surface area contributed by atoms with E-state index in [0.29, 0.717) is 18.5 Å². The number of nitrogens with one attached hydrogen (secondary N) is 2. The molecule has 0 aromatic rings. The lowest BCUT2D eigenvalue weighted by molar-refractivity contribution is -0.120. The average Bonchev–Trinajstić information content (AvgIpc) is 2.26. The highest BCUT2D eigenvalue weighted by atomic mass is 32.2. The molecule has 17 heavy (non-hydrogen) atoms. The highest BCUT2D eigenvalue weighted by Gasteiger charge is 2.05. The van der Waals surface area contributed by atoms with E-state index in [1.807, 2.05) is 11.8 Å². The van der Waals surface area contributed by atoms with Gasteiger partial charge in [0.05, 0.1) is 6.54 Å². The summed E-state index contributed by atoms with van der Waals surface area (Å²) in [6.07, 6.45) is 2.17. The molecule has 0 aliphatic rings. The lowest BCUT2D eigenvalue weighted by Crippen LogP contribution is -2.38. The van der Waals surface area contributed by atoms with Gasteiger partial charge in [-0.2, -0.15) is 11.8 Å². The van der Waals surface area contributed by atoms with Crippen molar-refractivity contribution in [2.45, 2.75) is 46.6 Å². The van der Waals surface area contributed by atoms with Crippen LogP contribution in [0.5, 0.6) is 0 Å². The van der Waals surface area contributed by atoms with Crippen molar-refractivity contribution in [2.24, 2.45) is 5.92 Å². The first-order valence-electron chi connectivity index (χ1n) is 6.64. The van der Waals surface area contributed by atoms with Gasteiger partial charge in [-0.3, -0.25) is 4.79 Å². The molecule has 0 radical (unpaired) electrons. The smallest absolute Gasteiger partial charge is 0.233 e. The van der Waals surface area contributed by atoms with Crippen LogP contribution in [0.3, 0.4) is 0 Å². The van der Waals surface area contributed by atoms with Crippen molar-refractivity contribution in [3.63, 3.8) is 0 Å². The molecule has 0 rings (SSSR count). The molecule has 2 N–H and O–H groups in total. The zero-order valence-corrected chi connectivity index (χ0v) is 12.5. The van der Waals surface area contributed by atoms with Crippen molar-refractivity contribution < 1.29 is 4.79 Å². The van der Waals surface area contributed by atoms with Crippen LogP contribution in [-0.2, 0) is 4.79 Å². The van der Waals surface area contributed by atoms with Gasteiger partial charge in [-0.25, -0.2) is 0 Å². The van der Waals surface area contributed by atoms with Crippen molar-refractivity contribution in [1.82, 2.24) is 10.6 Å². The number of carbonyl (C=O) groups excluding carboxylic acids is 1. The molecule has 0 bridgehead atoms. The fraction of sp³-hybridized carbons (Fsp3) is 0.923. The number of rotatable bonds is 10. The van der Waals surface area contributed by atoms with E-state index in [1.54, 1.807) is 0 Å². The minimum absolute atomic E-state index is 0.112. The zero-order valence-electron chi connectivity index (χ0n) is 11.7. The maximum Gasteiger partial charge on any atom is 0.233 e. The molecule has 0 saturated heterocycles. The van der Waals surface area contributed by atoms with Crippen LogP contribution in [0.25, 0.3) is 0 Å². The Morgan fingerprint density at radius 3 is 2.53 bits per heavy atom. The fourth-order valence-corrected chi connectivity index (χ4v) is 2.15. The second-order valence-electron chi connectivity index (χ2n) is 4.80. The normalized spacial score (nSPS) is 12.8. The van der Waals surface area contributed by atoms with Gasteiger partial charge in [-0.1, -0.05) is 20.8 Å². The van der Waals surface area contributed by atoms with Crippen molar-refractivity contribution in [1.29, 1.82) is 0 Å². The standard InChI is InChI=1S/C13H28N2OS/c1-5-17-9-7-12(4)15-10-13(16)14-8-6-11(2)3/h11-12,15H,5-10H2,1-4H3,(H,14,16). The molecule has 1 amide bonds. The van der Waals surface area contributed by atoms with Crippen molar-refractivity contribution in [2.75, 3.05) is 24.6 Å². The number of carbonyl (C=O) groups is 1. The van der Waals surface area contributed by atoms with Gasteiger partial charge in [0, 0.05) is 12.6 Å². The fourth-order valence-electron chi connectivity index (χ4n) is 1.34. The Balaban J connectivity index is 3.42. The van der Waals surface area contributed by atoms with Crippen LogP contribution in [0.2, 0.25) is 0 Å². The van der Waals surface area contributed by atoms with Gasteiger partial charge in [0.1, 0.15) is 0 Å². The van der Waals surface area contributed by atoms with Gasteiger partial charge in [-0.05, 0) is 37.2 Å². The van der Waals surface area contributed by atoms with Crippen LogP contribution in [0, 0.1) is 5.92 Å². The first-order chi connectivity index (χ1) is 8.06. The SMILES string of the molecule is CCSCCC(C)NCC(=O)NCCC(C)C. The first-order valence-corrected chi connectivity index (χ1v) is 7.79. The summed E-state index contributed by atoms with van der Waals surface area (Å²) >= 11 is 1.95. The molecule has 0 aromatic heterocycles. The highest BCUT2D eigenvalue weighted by molar-refractivity contribution is 7.99. The minimum atomic E-state index is 0.112. The molecule has 0 spiro atoms. The van der Waals surface area contributed by atoms with E-state index in [0.717, 1.165) is 19.4 Å². The number of hydrogen-bond donors (Lipinski definition) is 2. The first kappa shape index (κ1) is 16.8. The quantitative estimate of drug-likeness (QED) is 0.592. The van der Waals surface area contributed by atoms with Gasteiger partial charge >= 0.3 is 0 Å². The van der Waals surface area contributed by atoms with E-state index in [-0.39, 0.29) is 5.91 Å². The summed E-state index contributed by atoms with van der Waals surface area (Å²) in [6.45, 7) is 9.87. The second kappa shape index (κ2) is 10.9. The van der Waals surface area contributed by atoms with Crippen molar-refractivity contribution in [3.05, 3.63) is 0 Å². The third kappa shape index (κ3) is 12.0. The molecular formula is C13H28N2OS. The van der Waals surface area contributed by atoms with Gasteiger partial charge in [0.2, 0.25) is 5.91 Å². The van der Waals surface area contributed by atoms with Crippen LogP contribution in [-0.4, -0.2) is 36.5 Å². The zero-order chi connectivity index (χ0) is 13.1. The molecule has 4 heteroatoms. The number of amides is 1.